The van der Waals surface area contributed by atoms with Gasteiger partial charge in [0.25, 0.3) is 15.9 Å². The number of carbonyl (C=O) groups excluding carboxylic acids is 1. The number of carbonyl (C=O) groups is 1. The molecule has 7 nitrogen and oxygen atoms in total. The highest BCUT2D eigenvalue weighted by atomic mass is 32.2. The van der Waals surface area contributed by atoms with Gasteiger partial charge in [-0.3, -0.25) is 9.52 Å². The number of anilines is 1. The molecule has 2 aromatic rings. The van der Waals surface area contributed by atoms with E-state index < -0.39 is 110 Å². The molecule has 5 rings (SSSR count). The molecule has 0 aromatic heterocycles. The fourth-order valence-electron chi connectivity index (χ4n) is 4.65. The summed E-state index contributed by atoms with van der Waals surface area (Å²) in [5, 5.41) is 2.45. The predicted molar refractivity (Wildman–Crippen MR) is 128 cm³/mol. The van der Waals surface area contributed by atoms with Crippen molar-refractivity contribution in [2.45, 2.75) is 66.7 Å². The minimum Gasteiger partial charge on any atom is -0.346 e. The zero-order chi connectivity index (χ0) is 34.4. The number of benzene rings is 2. The smallest absolute Gasteiger partial charge is 0.346 e. The van der Waals surface area contributed by atoms with Crippen LogP contribution in [0.3, 0.4) is 0 Å². The standard InChI is InChI=1S/C24H27F3N2O5S2/c1-21(2,3)15-5-7-16(8-6-15)36(33,34)29-19-10-9-17(35(4,31)32)11-18(19)20(30)28-23-12-22(13-23,14-23)24(25,26)27/h5-11,29H,12-14H2,1-4H3,(H,28,30)/i1D3,2D3,3D3. The first-order valence-corrected chi connectivity index (χ1v) is 13.8. The van der Waals surface area contributed by atoms with Gasteiger partial charge in [0.2, 0.25) is 0 Å². The van der Waals surface area contributed by atoms with E-state index in [1.54, 1.807) is 0 Å². The normalized spacial score (nSPS) is 28.6. The lowest BCUT2D eigenvalue weighted by atomic mass is 9.39. The molecule has 0 aliphatic heterocycles. The molecule has 0 radical (unpaired) electrons. The molecular formula is C24H27F3N2O5S2. The number of nitrogens with one attached hydrogen (secondary N) is 2. The van der Waals surface area contributed by atoms with Gasteiger partial charge in [0, 0.05) is 24.1 Å². The second kappa shape index (κ2) is 7.95. The molecular weight excluding hydrogens is 517 g/mol. The van der Waals surface area contributed by atoms with Crippen molar-refractivity contribution in [3.8, 4) is 0 Å². The number of halogens is 3. The number of hydrogen-bond acceptors (Lipinski definition) is 5. The molecule has 0 spiro atoms. The minimum absolute atomic E-state index is 0.389. The highest BCUT2D eigenvalue weighted by Gasteiger charge is 2.79. The van der Waals surface area contributed by atoms with Crippen LogP contribution in [-0.2, 0) is 25.3 Å². The van der Waals surface area contributed by atoms with Crippen LogP contribution in [0, 0.1) is 5.41 Å². The van der Waals surface area contributed by atoms with Crippen molar-refractivity contribution >= 4 is 31.5 Å². The van der Waals surface area contributed by atoms with Crippen LogP contribution in [0.2, 0.25) is 0 Å². The Balaban J connectivity index is 1.69. The molecule has 2 aromatic carbocycles. The maximum absolute atomic E-state index is 13.3. The van der Waals surface area contributed by atoms with E-state index in [2.05, 4.69) is 10.0 Å². The van der Waals surface area contributed by atoms with Crippen molar-refractivity contribution in [2.75, 3.05) is 11.0 Å². The largest absolute Gasteiger partial charge is 0.394 e. The van der Waals surface area contributed by atoms with E-state index in [9.17, 15) is 34.8 Å². The van der Waals surface area contributed by atoms with Crippen molar-refractivity contribution in [2.24, 2.45) is 5.41 Å². The fourth-order valence-corrected chi connectivity index (χ4v) is 6.37. The van der Waals surface area contributed by atoms with E-state index in [0.717, 1.165) is 48.7 Å². The van der Waals surface area contributed by atoms with Gasteiger partial charge in [-0.15, -0.1) is 0 Å². The Kier molecular flexibility index (Phi) is 3.76. The molecule has 12 heteroatoms. The van der Waals surface area contributed by atoms with E-state index in [1.807, 2.05) is 0 Å². The van der Waals surface area contributed by atoms with Crippen molar-refractivity contribution < 1.29 is 47.1 Å². The number of alkyl halides is 3. The van der Waals surface area contributed by atoms with Gasteiger partial charge < -0.3 is 5.32 Å². The highest BCUT2D eigenvalue weighted by molar-refractivity contribution is 7.92. The lowest BCUT2D eigenvalue weighted by Gasteiger charge is -2.70. The molecule has 3 saturated carbocycles. The SMILES string of the molecule is [2H]C([2H])([2H])C(c1ccc(S(=O)(=O)Nc2ccc(S(C)(=O)=O)cc2C(=O)NC23CC(C(F)(F)F)(C2)C3)cc1)(C([2H])([2H])[2H])C([2H])([2H])[2H]. The zero-order valence-corrected chi connectivity index (χ0v) is 20.3. The monoisotopic (exact) mass is 553 g/mol. The van der Waals surface area contributed by atoms with Crippen molar-refractivity contribution in [1.29, 1.82) is 0 Å². The van der Waals surface area contributed by atoms with Crippen LogP contribution in [-0.4, -0.2) is 40.7 Å². The summed E-state index contributed by atoms with van der Waals surface area (Å²) >= 11 is 0. The predicted octanol–water partition coefficient (Wildman–Crippen LogP) is 4.40. The van der Waals surface area contributed by atoms with Gasteiger partial charge in [-0.25, -0.2) is 16.8 Å². The summed E-state index contributed by atoms with van der Waals surface area (Å²) in [6, 6.07) is 5.80. The molecule has 3 aliphatic carbocycles. The topological polar surface area (TPSA) is 109 Å². The van der Waals surface area contributed by atoms with Gasteiger partial charge in [-0.05, 0) is 60.6 Å². The first kappa shape index (κ1) is 17.0. The summed E-state index contributed by atoms with van der Waals surface area (Å²) in [5.41, 5.74) is -8.18. The fraction of sp³-hybridized carbons (Fsp3) is 0.458. The van der Waals surface area contributed by atoms with Crippen molar-refractivity contribution in [3.63, 3.8) is 0 Å². The van der Waals surface area contributed by atoms with E-state index in [-0.39, 0.29) is 4.90 Å². The van der Waals surface area contributed by atoms with Crippen LogP contribution in [0.25, 0.3) is 0 Å². The van der Waals surface area contributed by atoms with E-state index in [4.69, 9.17) is 12.3 Å². The Labute approximate surface area is 221 Å². The van der Waals surface area contributed by atoms with Crippen LogP contribution in [0.4, 0.5) is 18.9 Å². The van der Waals surface area contributed by atoms with Crippen molar-refractivity contribution in [3.05, 3.63) is 53.6 Å². The molecule has 0 unspecified atom stereocenters. The Morgan fingerprint density at radius 1 is 0.944 bits per heavy atom. The molecule has 0 atom stereocenters. The molecule has 3 aliphatic rings. The lowest BCUT2D eigenvalue weighted by Crippen LogP contribution is -2.78. The zero-order valence-electron chi connectivity index (χ0n) is 27.7. The maximum Gasteiger partial charge on any atom is 0.394 e. The number of rotatable bonds is 6. The summed E-state index contributed by atoms with van der Waals surface area (Å²) in [6.45, 7) is -10.8. The average Bonchev–Trinajstić information content (AvgIpc) is 2.76. The van der Waals surface area contributed by atoms with Crippen LogP contribution < -0.4 is 10.0 Å². The van der Waals surface area contributed by atoms with Crippen LogP contribution >= 0.6 is 0 Å². The second-order valence-corrected chi connectivity index (χ2v) is 13.1. The molecule has 0 heterocycles. The molecule has 196 valence electrons. The molecule has 36 heavy (non-hydrogen) atoms. The molecule has 0 saturated heterocycles. The van der Waals surface area contributed by atoms with Gasteiger partial charge in [-0.2, -0.15) is 13.2 Å². The summed E-state index contributed by atoms with van der Waals surface area (Å²) in [7, 11) is -8.62. The van der Waals surface area contributed by atoms with Gasteiger partial charge in [0.1, 0.15) is 0 Å². The Morgan fingerprint density at radius 3 is 2.00 bits per heavy atom. The third-order valence-electron chi connectivity index (χ3n) is 6.52. The highest BCUT2D eigenvalue weighted by Crippen LogP contribution is 2.73. The third-order valence-corrected chi connectivity index (χ3v) is 9.01. The summed E-state index contributed by atoms with van der Waals surface area (Å²) in [5.74, 6) is -1.04. The number of amides is 1. The van der Waals surface area contributed by atoms with Crippen LogP contribution in [0.1, 0.15) is 68.1 Å². The summed E-state index contributed by atoms with van der Waals surface area (Å²) in [6.07, 6.45) is -4.82. The molecule has 3 fully saturated rings. The van der Waals surface area contributed by atoms with Crippen molar-refractivity contribution in [1.82, 2.24) is 5.32 Å². The molecule has 2 bridgehead atoms. The van der Waals surface area contributed by atoms with Gasteiger partial charge in [0.05, 0.1) is 26.5 Å². The Bertz CT molecular complexity index is 1700. The Hall–Kier alpha value is -2.60. The van der Waals surface area contributed by atoms with Gasteiger partial charge in [-0.1, -0.05) is 32.7 Å². The lowest BCUT2D eigenvalue weighted by molar-refractivity contribution is -0.336. The first-order valence-electron chi connectivity index (χ1n) is 14.9. The van der Waals surface area contributed by atoms with Gasteiger partial charge >= 0.3 is 6.18 Å². The number of sulfone groups is 1. The van der Waals surface area contributed by atoms with E-state index in [1.165, 1.54) is 0 Å². The third kappa shape index (κ3) is 4.60. The van der Waals surface area contributed by atoms with Crippen LogP contribution in [0.5, 0.6) is 0 Å². The number of hydrogen-bond donors (Lipinski definition) is 2. The quantitative estimate of drug-likeness (QED) is 0.551. The number of sulfonamides is 1. The molecule has 2 N–H and O–H groups in total. The van der Waals surface area contributed by atoms with E-state index >= 15 is 0 Å². The van der Waals surface area contributed by atoms with Gasteiger partial charge in [0.15, 0.2) is 9.84 Å². The minimum atomic E-state index is -4.69. The average molecular weight is 554 g/mol. The van der Waals surface area contributed by atoms with Crippen LogP contribution in [0.15, 0.2) is 52.3 Å². The van der Waals surface area contributed by atoms with E-state index in [0.29, 0.717) is 0 Å². The second-order valence-electron chi connectivity index (χ2n) is 9.40. The maximum atomic E-state index is 13.3. The first-order chi connectivity index (χ1) is 20.0. The molecule has 1 amide bonds. The Morgan fingerprint density at radius 2 is 1.50 bits per heavy atom. The summed E-state index contributed by atoms with van der Waals surface area (Å²) in [4.78, 5) is 12.2. The summed E-state index contributed by atoms with van der Waals surface area (Å²) < 4.78 is 163.